The van der Waals surface area contributed by atoms with Gasteiger partial charge in [-0.1, -0.05) is 92.2 Å². The van der Waals surface area contributed by atoms with E-state index in [4.69, 9.17) is 0 Å². The van der Waals surface area contributed by atoms with Gasteiger partial charge in [-0.3, -0.25) is 9.59 Å². The average Bonchev–Trinajstić information content (AvgIpc) is 2.90. The number of aryl methyl sites for hydroxylation is 6. The molecule has 0 radical (unpaired) electrons. The van der Waals surface area contributed by atoms with Gasteiger partial charge in [-0.15, -0.1) is 0 Å². The smallest absolute Gasteiger partial charge is 0.193 e. The minimum absolute atomic E-state index is 0.0904. The molecule has 0 saturated heterocycles. The van der Waals surface area contributed by atoms with Gasteiger partial charge < -0.3 is 0 Å². The van der Waals surface area contributed by atoms with Gasteiger partial charge in [0.15, 0.2) is 11.6 Å². The molecule has 0 fully saturated rings. The van der Waals surface area contributed by atoms with Gasteiger partial charge in [0, 0.05) is 22.3 Å². The first-order chi connectivity index (χ1) is 17.2. The third-order valence-electron chi connectivity index (χ3n) is 6.69. The number of benzene rings is 4. The molecule has 0 aliphatic carbocycles. The van der Waals surface area contributed by atoms with Crippen LogP contribution in [0.5, 0.6) is 0 Å². The molecule has 0 N–H and O–H groups in total. The van der Waals surface area contributed by atoms with Crippen LogP contribution in [0.1, 0.15) is 79.1 Å². The Labute approximate surface area is 216 Å². The van der Waals surface area contributed by atoms with Crippen LogP contribution in [0.15, 0.2) is 84.9 Å². The largest absolute Gasteiger partial charge is 0.289 e. The summed E-state index contributed by atoms with van der Waals surface area (Å²) >= 11 is 0. The molecule has 0 aliphatic heterocycles. The summed E-state index contributed by atoms with van der Waals surface area (Å²) in [6.45, 7) is 12.4. The highest BCUT2D eigenvalue weighted by Gasteiger charge is 2.11. The Morgan fingerprint density at radius 2 is 0.972 bits per heavy atom. The second kappa shape index (κ2) is 12.3. The highest BCUT2D eigenvalue weighted by Crippen LogP contribution is 2.18. The lowest BCUT2D eigenvalue weighted by atomic mass is 9.96. The highest BCUT2D eigenvalue weighted by molar-refractivity contribution is 6.09. The van der Waals surface area contributed by atoms with E-state index < -0.39 is 0 Å². The van der Waals surface area contributed by atoms with E-state index in [0.717, 1.165) is 40.7 Å². The standard InChI is InChI=1S/C18H20O.C16H16O/c1-5-15-8-9-17(11-14(15)4)18(19)16-7-6-12(2)13(3)10-16;1-3-13-6-10-15(11-7-13)16(17)14-8-4-12(2)5-9-14/h6-11H,5H2,1-4H3;4-11H,3H2,1-2H3. The van der Waals surface area contributed by atoms with Gasteiger partial charge in [-0.25, -0.2) is 0 Å². The molecule has 0 aliphatic rings. The molecule has 2 nitrogen and oxygen atoms in total. The fraction of sp³-hybridized carbons (Fsp3) is 0.235. The predicted molar refractivity (Wildman–Crippen MR) is 150 cm³/mol. The van der Waals surface area contributed by atoms with Crippen molar-refractivity contribution in [1.82, 2.24) is 0 Å². The van der Waals surface area contributed by atoms with Crippen LogP contribution in [0.3, 0.4) is 0 Å². The van der Waals surface area contributed by atoms with Crippen molar-refractivity contribution in [2.75, 3.05) is 0 Å². The van der Waals surface area contributed by atoms with E-state index in [1.807, 2.05) is 92.7 Å². The summed E-state index contributed by atoms with van der Waals surface area (Å²) in [7, 11) is 0. The molecular formula is C34H36O2. The van der Waals surface area contributed by atoms with Crippen molar-refractivity contribution in [2.45, 2.75) is 54.4 Å². The van der Waals surface area contributed by atoms with Crippen molar-refractivity contribution < 1.29 is 9.59 Å². The van der Waals surface area contributed by atoms with E-state index in [1.54, 1.807) is 0 Å². The van der Waals surface area contributed by atoms with Crippen molar-refractivity contribution >= 4 is 11.6 Å². The number of carbonyl (C=O) groups excluding carboxylic acids is 2. The van der Waals surface area contributed by atoms with Gasteiger partial charge in [0.25, 0.3) is 0 Å². The summed E-state index contributed by atoms with van der Waals surface area (Å²) in [4.78, 5) is 24.6. The van der Waals surface area contributed by atoms with Crippen LogP contribution in [0, 0.1) is 27.7 Å². The lowest BCUT2D eigenvalue weighted by Gasteiger charge is -2.08. The Morgan fingerprint density at radius 3 is 1.47 bits per heavy atom. The van der Waals surface area contributed by atoms with Crippen molar-refractivity contribution in [3.63, 3.8) is 0 Å². The van der Waals surface area contributed by atoms with Crippen LogP contribution >= 0.6 is 0 Å². The summed E-state index contributed by atoms with van der Waals surface area (Å²) in [6.07, 6.45) is 2.00. The molecule has 0 atom stereocenters. The van der Waals surface area contributed by atoms with Crippen LogP contribution in [0.2, 0.25) is 0 Å². The van der Waals surface area contributed by atoms with Gasteiger partial charge in [0.1, 0.15) is 0 Å². The average molecular weight is 477 g/mol. The maximum Gasteiger partial charge on any atom is 0.193 e. The fourth-order valence-electron chi connectivity index (χ4n) is 4.05. The molecule has 2 heteroatoms. The third kappa shape index (κ3) is 6.66. The maximum absolute atomic E-state index is 12.5. The van der Waals surface area contributed by atoms with Gasteiger partial charge in [-0.2, -0.15) is 0 Å². The van der Waals surface area contributed by atoms with E-state index in [9.17, 15) is 9.59 Å². The van der Waals surface area contributed by atoms with E-state index in [1.165, 1.54) is 27.8 Å². The van der Waals surface area contributed by atoms with E-state index in [2.05, 4.69) is 33.8 Å². The monoisotopic (exact) mass is 476 g/mol. The lowest BCUT2D eigenvalue weighted by Crippen LogP contribution is -2.03. The quantitative estimate of drug-likeness (QED) is 0.263. The Hall–Kier alpha value is -3.78. The van der Waals surface area contributed by atoms with Crippen LogP contribution in [0.25, 0.3) is 0 Å². The Morgan fingerprint density at radius 1 is 0.500 bits per heavy atom. The van der Waals surface area contributed by atoms with E-state index in [0.29, 0.717) is 0 Å². The van der Waals surface area contributed by atoms with Gasteiger partial charge in [-0.05, 0) is 80.5 Å². The molecular weight excluding hydrogens is 440 g/mol. The number of hydrogen-bond donors (Lipinski definition) is 0. The minimum atomic E-state index is 0.0904. The molecule has 4 rings (SSSR count). The van der Waals surface area contributed by atoms with Gasteiger partial charge >= 0.3 is 0 Å². The lowest BCUT2D eigenvalue weighted by molar-refractivity contribution is 0.103. The first kappa shape index (κ1) is 26.8. The number of carbonyl (C=O) groups is 2. The van der Waals surface area contributed by atoms with Gasteiger partial charge in [0.2, 0.25) is 0 Å². The normalized spacial score (nSPS) is 10.4. The SMILES string of the molecule is CCc1ccc(C(=O)c2ccc(C)c(C)c2)cc1C.CCc1ccc(C(=O)c2ccc(C)cc2)cc1. The summed E-state index contributed by atoms with van der Waals surface area (Å²) in [5.41, 5.74) is 10.3. The number of rotatable bonds is 6. The molecule has 0 saturated carbocycles. The Bertz CT molecular complexity index is 1340. The molecule has 0 spiro atoms. The van der Waals surface area contributed by atoms with Crippen LogP contribution in [-0.2, 0) is 12.8 Å². The van der Waals surface area contributed by atoms with E-state index in [-0.39, 0.29) is 11.6 Å². The third-order valence-corrected chi connectivity index (χ3v) is 6.69. The fourth-order valence-corrected chi connectivity index (χ4v) is 4.05. The second-order valence-electron chi connectivity index (χ2n) is 9.37. The second-order valence-corrected chi connectivity index (χ2v) is 9.37. The molecule has 0 heterocycles. The minimum Gasteiger partial charge on any atom is -0.289 e. The predicted octanol–water partition coefficient (Wildman–Crippen LogP) is 8.19. The zero-order chi connectivity index (χ0) is 26.2. The van der Waals surface area contributed by atoms with Crippen LogP contribution < -0.4 is 0 Å². The van der Waals surface area contributed by atoms with Crippen molar-refractivity contribution in [1.29, 1.82) is 0 Å². The van der Waals surface area contributed by atoms with E-state index >= 15 is 0 Å². The van der Waals surface area contributed by atoms with Crippen LogP contribution in [-0.4, -0.2) is 11.6 Å². The van der Waals surface area contributed by atoms with Crippen molar-refractivity contribution in [3.05, 3.63) is 141 Å². The molecule has 0 aromatic heterocycles. The highest BCUT2D eigenvalue weighted by atomic mass is 16.1. The Kier molecular flexibility index (Phi) is 9.13. The number of ketones is 2. The first-order valence-corrected chi connectivity index (χ1v) is 12.6. The molecule has 4 aromatic carbocycles. The maximum atomic E-state index is 12.5. The molecule has 0 bridgehead atoms. The summed E-state index contributed by atoms with van der Waals surface area (Å²) in [5.74, 6) is 0.196. The zero-order valence-corrected chi connectivity index (χ0v) is 22.3. The topological polar surface area (TPSA) is 34.1 Å². The van der Waals surface area contributed by atoms with Gasteiger partial charge in [0.05, 0.1) is 0 Å². The molecule has 0 amide bonds. The zero-order valence-electron chi connectivity index (χ0n) is 22.3. The molecule has 0 unspecified atom stereocenters. The first-order valence-electron chi connectivity index (χ1n) is 12.6. The number of hydrogen-bond acceptors (Lipinski definition) is 2. The van der Waals surface area contributed by atoms with Crippen molar-refractivity contribution in [3.8, 4) is 0 Å². The summed E-state index contributed by atoms with van der Waals surface area (Å²) in [5, 5.41) is 0. The summed E-state index contributed by atoms with van der Waals surface area (Å²) in [6, 6.07) is 27.4. The van der Waals surface area contributed by atoms with Crippen molar-refractivity contribution in [2.24, 2.45) is 0 Å². The summed E-state index contributed by atoms with van der Waals surface area (Å²) < 4.78 is 0. The van der Waals surface area contributed by atoms with Crippen LogP contribution in [0.4, 0.5) is 0 Å². The molecule has 184 valence electrons. The molecule has 36 heavy (non-hydrogen) atoms. The Balaban J connectivity index is 0.000000202. The molecule has 4 aromatic rings.